The van der Waals surface area contributed by atoms with E-state index in [0.29, 0.717) is 0 Å². The summed E-state index contributed by atoms with van der Waals surface area (Å²) >= 11 is 0. The van der Waals surface area contributed by atoms with Crippen LogP contribution >= 0.6 is 0 Å². The van der Waals surface area contributed by atoms with E-state index in [2.05, 4.69) is 50.4 Å². The first kappa shape index (κ1) is 14.9. The summed E-state index contributed by atoms with van der Waals surface area (Å²) < 4.78 is 5.68. The van der Waals surface area contributed by atoms with Gasteiger partial charge in [0.25, 0.3) is 0 Å². The van der Waals surface area contributed by atoms with Crippen molar-refractivity contribution in [3.05, 3.63) is 47.4 Å². The maximum Gasteiger partial charge on any atom is 0.125 e. The SMILES string of the molecule is CCCNCc1occc1-c1cc(CC)ccc1CC. The van der Waals surface area contributed by atoms with E-state index in [4.69, 9.17) is 4.42 Å². The van der Waals surface area contributed by atoms with Crippen LogP contribution in [0.2, 0.25) is 0 Å². The molecule has 2 heteroatoms. The number of aryl methyl sites for hydroxylation is 2. The third kappa shape index (κ3) is 3.31. The average Bonchev–Trinajstić information content (AvgIpc) is 2.95. The zero-order chi connectivity index (χ0) is 14.4. The van der Waals surface area contributed by atoms with Gasteiger partial charge in [-0.3, -0.25) is 0 Å². The summed E-state index contributed by atoms with van der Waals surface area (Å²) in [6.07, 6.45) is 5.06. The van der Waals surface area contributed by atoms with E-state index in [1.807, 2.05) is 0 Å². The van der Waals surface area contributed by atoms with Gasteiger partial charge in [0.15, 0.2) is 0 Å². The molecule has 0 aliphatic carbocycles. The molecule has 1 heterocycles. The molecule has 2 aromatic rings. The Balaban J connectivity index is 2.33. The van der Waals surface area contributed by atoms with Crippen molar-refractivity contribution in [3.8, 4) is 11.1 Å². The van der Waals surface area contributed by atoms with Gasteiger partial charge in [-0.05, 0) is 48.6 Å². The lowest BCUT2D eigenvalue weighted by Gasteiger charge is -2.11. The Morgan fingerprint density at radius 3 is 2.55 bits per heavy atom. The van der Waals surface area contributed by atoms with Crippen molar-refractivity contribution in [2.75, 3.05) is 6.54 Å². The Labute approximate surface area is 122 Å². The molecule has 1 N–H and O–H groups in total. The molecule has 0 saturated carbocycles. The highest BCUT2D eigenvalue weighted by Gasteiger charge is 2.12. The minimum atomic E-state index is 0.801. The Hall–Kier alpha value is -1.54. The van der Waals surface area contributed by atoms with Gasteiger partial charge in [-0.1, -0.05) is 39.0 Å². The fourth-order valence-corrected chi connectivity index (χ4v) is 2.50. The highest BCUT2D eigenvalue weighted by Crippen LogP contribution is 2.30. The van der Waals surface area contributed by atoms with Crippen LogP contribution in [-0.2, 0) is 19.4 Å². The number of hydrogen-bond donors (Lipinski definition) is 1. The van der Waals surface area contributed by atoms with Crippen molar-refractivity contribution >= 4 is 0 Å². The maximum atomic E-state index is 5.68. The second kappa shape index (κ2) is 7.30. The molecule has 0 spiro atoms. The summed E-state index contributed by atoms with van der Waals surface area (Å²) in [7, 11) is 0. The molecule has 108 valence electrons. The molecule has 0 aliphatic heterocycles. The second-order valence-electron chi connectivity index (χ2n) is 5.13. The molecule has 0 amide bonds. The summed E-state index contributed by atoms with van der Waals surface area (Å²) in [6.45, 7) is 8.41. The number of benzene rings is 1. The first-order chi connectivity index (χ1) is 9.80. The molecule has 0 unspecified atom stereocenters. The van der Waals surface area contributed by atoms with Crippen LogP contribution in [0.25, 0.3) is 11.1 Å². The topological polar surface area (TPSA) is 25.2 Å². The van der Waals surface area contributed by atoms with Gasteiger partial charge in [0, 0.05) is 5.56 Å². The van der Waals surface area contributed by atoms with Crippen LogP contribution < -0.4 is 5.32 Å². The van der Waals surface area contributed by atoms with Gasteiger partial charge in [0.1, 0.15) is 5.76 Å². The number of rotatable bonds is 7. The zero-order valence-corrected chi connectivity index (χ0v) is 12.8. The lowest BCUT2D eigenvalue weighted by molar-refractivity contribution is 0.484. The Bertz CT molecular complexity index is 542. The fourth-order valence-electron chi connectivity index (χ4n) is 2.50. The highest BCUT2D eigenvalue weighted by molar-refractivity contribution is 5.70. The molecule has 0 saturated heterocycles. The molecular formula is C18H25NO. The van der Waals surface area contributed by atoms with Gasteiger partial charge in [0.2, 0.25) is 0 Å². The Morgan fingerprint density at radius 2 is 1.85 bits per heavy atom. The Kier molecular flexibility index (Phi) is 5.42. The van der Waals surface area contributed by atoms with Crippen molar-refractivity contribution in [3.63, 3.8) is 0 Å². The predicted molar refractivity (Wildman–Crippen MR) is 84.9 cm³/mol. The number of hydrogen-bond acceptors (Lipinski definition) is 2. The van der Waals surface area contributed by atoms with E-state index in [1.165, 1.54) is 22.3 Å². The van der Waals surface area contributed by atoms with Crippen molar-refractivity contribution in [1.82, 2.24) is 5.32 Å². The highest BCUT2D eigenvalue weighted by atomic mass is 16.3. The molecule has 0 radical (unpaired) electrons. The van der Waals surface area contributed by atoms with Crippen LogP contribution in [0, 0.1) is 0 Å². The number of furan rings is 1. The smallest absolute Gasteiger partial charge is 0.125 e. The maximum absolute atomic E-state index is 5.68. The van der Waals surface area contributed by atoms with Gasteiger partial charge in [-0.2, -0.15) is 0 Å². The number of nitrogens with one attached hydrogen (secondary N) is 1. The minimum absolute atomic E-state index is 0.801. The minimum Gasteiger partial charge on any atom is -0.467 e. The molecule has 1 aromatic carbocycles. The standard InChI is InChI=1S/C18H25NO/c1-4-10-19-13-18-16(9-11-20-18)17-12-14(5-2)7-8-15(17)6-3/h7-9,11-12,19H,4-6,10,13H2,1-3H3. The first-order valence-corrected chi connectivity index (χ1v) is 7.69. The van der Waals surface area contributed by atoms with E-state index in [0.717, 1.165) is 38.1 Å². The monoisotopic (exact) mass is 271 g/mol. The third-order valence-electron chi connectivity index (χ3n) is 3.71. The molecule has 0 atom stereocenters. The van der Waals surface area contributed by atoms with Gasteiger partial charge in [-0.25, -0.2) is 0 Å². The zero-order valence-electron chi connectivity index (χ0n) is 12.8. The molecule has 2 rings (SSSR count). The lowest BCUT2D eigenvalue weighted by Crippen LogP contribution is -2.13. The van der Waals surface area contributed by atoms with Crippen LogP contribution in [0.4, 0.5) is 0 Å². The summed E-state index contributed by atoms with van der Waals surface area (Å²) in [5, 5.41) is 3.42. The van der Waals surface area contributed by atoms with E-state index >= 15 is 0 Å². The molecule has 2 nitrogen and oxygen atoms in total. The van der Waals surface area contributed by atoms with Crippen LogP contribution in [-0.4, -0.2) is 6.54 Å². The lowest BCUT2D eigenvalue weighted by atomic mass is 9.95. The average molecular weight is 271 g/mol. The summed E-state index contributed by atoms with van der Waals surface area (Å²) in [4.78, 5) is 0. The van der Waals surface area contributed by atoms with Gasteiger partial charge in [-0.15, -0.1) is 0 Å². The Morgan fingerprint density at radius 1 is 1.00 bits per heavy atom. The van der Waals surface area contributed by atoms with Crippen molar-refractivity contribution < 1.29 is 4.42 Å². The van der Waals surface area contributed by atoms with Gasteiger partial charge >= 0.3 is 0 Å². The molecule has 0 fully saturated rings. The summed E-state index contributed by atoms with van der Waals surface area (Å²) in [5.74, 6) is 1.04. The van der Waals surface area contributed by atoms with Crippen LogP contribution in [0.1, 0.15) is 44.1 Å². The van der Waals surface area contributed by atoms with E-state index in [9.17, 15) is 0 Å². The van der Waals surface area contributed by atoms with E-state index in [-0.39, 0.29) is 0 Å². The largest absolute Gasteiger partial charge is 0.467 e. The van der Waals surface area contributed by atoms with Crippen LogP contribution in [0.3, 0.4) is 0 Å². The van der Waals surface area contributed by atoms with E-state index < -0.39 is 0 Å². The van der Waals surface area contributed by atoms with Crippen molar-refractivity contribution in [1.29, 1.82) is 0 Å². The second-order valence-corrected chi connectivity index (χ2v) is 5.13. The molecule has 1 aromatic heterocycles. The van der Waals surface area contributed by atoms with Crippen LogP contribution in [0.15, 0.2) is 34.9 Å². The molecule has 20 heavy (non-hydrogen) atoms. The first-order valence-electron chi connectivity index (χ1n) is 7.69. The molecule has 0 aliphatic rings. The van der Waals surface area contributed by atoms with Crippen LogP contribution in [0.5, 0.6) is 0 Å². The molecular weight excluding hydrogens is 246 g/mol. The summed E-state index contributed by atoms with van der Waals surface area (Å²) in [5.41, 5.74) is 5.33. The normalized spacial score (nSPS) is 10.9. The van der Waals surface area contributed by atoms with Gasteiger partial charge in [0.05, 0.1) is 12.8 Å². The quantitative estimate of drug-likeness (QED) is 0.746. The molecule has 0 bridgehead atoms. The van der Waals surface area contributed by atoms with Crippen molar-refractivity contribution in [2.24, 2.45) is 0 Å². The summed E-state index contributed by atoms with van der Waals surface area (Å²) in [6, 6.07) is 8.89. The predicted octanol–water partition coefficient (Wildman–Crippen LogP) is 4.57. The van der Waals surface area contributed by atoms with Crippen molar-refractivity contribution in [2.45, 2.75) is 46.6 Å². The van der Waals surface area contributed by atoms with Gasteiger partial charge < -0.3 is 9.73 Å². The third-order valence-corrected chi connectivity index (χ3v) is 3.71. The fraction of sp³-hybridized carbons (Fsp3) is 0.444. The van der Waals surface area contributed by atoms with E-state index in [1.54, 1.807) is 6.26 Å².